The minimum atomic E-state index is -0.367. The average Bonchev–Trinajstić information content (AvgIpc) is 3.21. The van der Waals surface area contributed by atoms with Gasteiger partial charge in [-0.2, -0.15) is 0 Å². The third kappa shape index (κ3) is 5.60. The molecule has 2 heterocycles. The topological polar surface area (TPSA) is 97.3 Å². The third-order valence-electron chi connectivity index (χ3n) is 9.09. The highest BCUT2D eigenvalue weighted by molar-refractivity contribution is 7.80. The first-order chi connectivity index (χ1) is 20.3. The lowest BCUT2D eigenvalue weighted by molar-refractivity contribution is -0.0694. The summed E-state index contributed by atoms with van der Waals surface area (Å²) in [5, 5.41) is 2.80. The molecule has 8 nitrogen and oxygen atoms in total. The molecular formula is C33H39N5O3S. The van der Waals surface area contributed by atoms with Crippen LogP contribution in [-0.2, 0) is 16.6 Å². The molecule has 9 heteroatoms. The molecular weight excluding hydrogens is 546 g/mol. The van der Waals surface area contributed by atoms with Gasteiger partial charge in [0.1, 0.15) is 0 Å². The normalized spacial score (nSPS) is 20.5. The van der Waals surface area contributed by atoms with E-state index >= 15 is 0 Å². The zero-order valence-corrected chi connectivity index (χ0v) is 25.2. The first-order valence-corrected chi connectivity index (χ1v) is 15.5. The van der Waals surface area contributed by atoms with Crippen LogP contribution in [-0.4, -0.2) is 32.8 Å². The number of hydrazine groups is 1. The Bertz CT molecular complexity index is 1540. The third-order valence-corrected chi connectivity index (χ3v) is 9.30. The maximum atomic E-state index is 14.9. The molecule has 1 atom stereocenters. The summed E-state index contributed by atoms with van der Waals surface area (Å²) < 4.78 is 7.86. The molecule has 6 rings (SSSR count). The summed E-state index contributed by atoms with van der Waals surface area (Å²) in [5.41, 5.74) is 9.86. The van der Waals surface area contributed by atoms with Gasteiger partial charge in [-0.05, 0) is 75.9 Å². The fraction of sp³-hybridized carbons (Fsp3) is 0.455. The largest absolute Gasteiger partial charge is 0.375 e. The van der Waals surface area contributed by atoms with E-state index in [1.54, 1.807) is 24.3 Å². The second kappa shape index (κ2) is 11.6. The molecule has 1 saturated carbocycles. The number of fused-ring (bicyclic) bond motifs is 4. The van der Waals surface area contributed by atoms with Crippen molar-refractivity contribution >= 4 is 29.2 Å². The zero-order valence-electron chi connectivity index (χ0n) is 24.4. The predicted molar refractivity (Wildman–Crippen MR) is 169 cm³/mol. The fourth-order valence-corrected chi connectivity index (χ4v) is 7.30. The summed E-state index contributed by atoms with van der Waals surface area (Å²) in [6.07, 6.45) is 8.86. The lowest BCUT2D eigenvalue weighted by Crippen LogP contribution is -2.47. The maximum Gasteiger partial charge on any atom is 0.259 e. The number of ether oxygens (including phenoxy) is 1. The molecule has 42 heavy (non-hydrogen) atoms. The van der Waals surface area contributed by atoms with E-state index in [-0.39, 0.29) is 33.6 Å². The molecule has 0 radical (unpaired) electrons. The molecule has 1 aliphatic heterocycles. The van der Waals surface area contributed by atoms with Crippen molar-refractivity contribution in [3.8, 4) is 11.3 Å². The van der Waals surface area contributed by atoms with Crippen molar-refractivity contribution in [1.82, 2.24) is 20.3 Å². The molecule has 0 bridgehead atoms. The molecule has 2 aromatic carbocycles. The zero-order chi connectivity index (χ0) is 29.3. The van der Waals surface area contributed by atoms with E-state index in [0.29, 0.717) is 31.0 Å². The summed E-state index contributed by atoms with van der Waals surface area (Å²) in [7, 11) is 0. The standard InChI is InChI=1S/C33H39N5O3S/c1-32(2)21-24(16-19-41-32)38-29(40)26-27(25-15-9-8-14-23(25)20-33(26)17-10-3-4-11-18-33)34-30(38)36-37-31(42)35-28(39)22-12-6-5-7-13-22/h5-9,12-15,24H,3-4,10-11,16-21H2,1-2H3,(H,34,36)(H2,35,37,39,42). The van der Waals surface area contributed by atoms with Gasteiger partial charge in [0.15, 0.2) is 5.11 Å². The van der Waals surface area contributed by atoms with Gasteiger partial charge < -0.3 is 4.74 Å². The highest BCUT2D eigenvalue weighted by Gasteiger charge is 2.44. The van der Waals surface area contributed by atoms with Crippen LogP contribution in [0.1, 0.15) is 92.7 Å². The molecule has 1 aromatic heterocycles. The Kier molecular flexibility index (Phi) is 7.89. The number of hydrogen-bond acceptors (Lipinski definition) is 6. The number of thiocarbonyl (C=S) groups is 1. The number of nitrogens with one attached hydrogen (secondary N) is 3. The van der Waals surface area contributed by atoms with Crippen LogP contribution < -0.4 is 21.7 Å². The second-order valence-electron chi connectivity index (χ2n) is 12.5. The van der Waals surface area contributed by atoms with Gasteiger partial charge in [-0.15, -0.1) is 0 Å². The molecule has 1 unspecified atom stereocenters. The number of amides is 1. The van der Waals surface area contributed by atoms with Gasteiger partial charge in [-0.1, -0.05) is 68.1 Å². The maximum absolute atomic E-state index is 14.9. The quantitative estimate of drug-likeness (QED) is 0.262. The summed E-state index contributed by atoms with van der Waals surface area (Å²) in [6.45, 7) is 4.70. The second-order valence-corrected chi connectivity index (χ2v) is 12.9. The Hall–Kier alpha value is -3.56. The molecule has 3 aliphatic rings. The van der Waals surface area contributed by atoms with Gasteiger partial charge in [0.25, 0.3) is 11.5 Å². The number of nitrogens with zero attached hydrogens (tertiary/aromatic N) is 2. The molecule has 1 spiro atoms. The number of aromatic nitrogens is 2. The van der Waals surface area contributed by atoms with Crippen molar-refractivity contribution in [3.05, 3.63) is 81.6 Å². The van der Waals surface area contributed by atoms with Crippen molar-refractivity contribution in [2.45, 2.75) is 88.7 Å². The van der Waals surface area contributed by atoms with Crippen LogP contribution in [0.5, 0.6) is 0 Å². The van der Waals surface area contributed by atoms with Crippen molar-refractivity contribution < 1.29 is 9.53 Å². The van der Waals surface area contributed by atoms with Crippen LogP contribution in [0.25, 0.3) is 11.3 Å². The summed E-state index contributed by atoms with van der Waals surface area (Å²) in [4.78, 5) is 32.7. The Balaban J connectivity index is 1.42. The summed E-state index contributed by atoms with van der Waals surface area (Å²) in [6, 6.07) is 17.1. The number of benzene rings is 2. The van der Waals surface area contributed by atoms with Gasteiger partial charge in [-0.25, -0.2) is 4.98 Å². The summed E-state index contributed by atoms with van der Waals surface area (Å²) in [5.74, 6) is 0.0688. The lowest BCUT2D eigenvalue weighted by Gasteiger charge is -2.41. The van der Waals surface area contributed by atoms with Crippen LogP contribution >= 0.6 is 12.2 Å². The van der Waals surface area contributed by atoms with E-state index in [0.717, 1.165) is 48.9 Å². The van der Waals surface area contributed by atoms with Crippen molar-refractivity contribution in [3.63, 3.8) is 0 Å². The van der Waals surface area contributed by atoms with Crippen molar-refractivity contribution in [1.29, 1.82) is 0 Å². The molecule has 220 valence electrons. The first kappa shape index (κ1) is 28.6. The molecule has 1 saturated heterocycles. The van der Waals surface area contributed by atoms with Crippen LogP contribution in [0.15, 0.2) is 59.4 Å². The Labute approximate surface area is 252 Å². The van der Waals surface area contributed by atoms with E-state index in [4.69, 9.17) is 21.9 Å². The van der Waals surface area contributed by atoms with Gasteiger partial charge in [0, 0.05) is 29.2 Å². The summed E-state index contributed by atoms with van der Waals surface area (Å²) >= 11 is 5.45. The van der Waals surface area contributed by atoms with E-state index in [1.165, 1.54) is 18.4 Å². The van der Waals surface area contributed by atoms with E-state index in [1.807, 2.05) is 16.7 Å². The van der Waals surface area contributed by atoms with E-state index in [2.05, 4.69) is 48.2 Å². The molecule has 1 amide bonds. The average molecular weight is 586 g/mol. The molecule has 3 aromatic rings. The number of carbonyl (C=O) groups excluding carboxylic acids is 1. The van der Waals surface area contributed by atoms with E-state index < -0.39 is 0 Å². The van der Waals surface area contributed by atoms with Crippen LogP contribution in [0, 0.1) is 0 Å². The number of anilines is 1. The van der Waals surface area contributed by atoms with E-state index in [9.17, 15) is 9.59 Å². The van der Waals surface area contributed by atoms with Crippen LogP contribution in [0.3, 0.4) is 0 Å². The van der Waals surface area contributed by atoms with Gasteiger partial charge in [0.2, 0.25) is 5.95 Å². The number of rotatable bonds is 4. The predicted octanol–water partition coefficient (Wildman–Crippen LogP) is 5.82. The fourth-order valence-electron chi connectivity index (χ4n) is 7.15. The highest BCUT2D eigenvalue weighted by Crippen LogP contribution is 2.48. The SMILES string of the molecule is CC1(C)CC(n2c(NNC(=S)NC(=O)c3ccccc3)nc3c(c2=O)C2(CCCCCC2)Cc2ccccc2-3)CCO1. The van der Waals surface area contributed by atoms with Crippen molar-refractivity contribution in [2.75, 3.05) is 12.0 Å². The van der Waals surface area contributed by atoms with Gasteiger partial charge >= 0.3 is 0 Å². The smallest absolute Gasteiger partial charge is 0.259 e. The Morgan fingerprint density at radius 2 is 1.74 bits per heavy atom. The van der Waals surface area contributed by atoms with Gasteiger partial charge in [0.05, 0.1) is 16.9 Å². The van der Waals surface area contributed by atoms with Crippen LogP contribution in [0.4, 0.5) is 5.95 Å². The highest BCUT2D eigenvalue weighted by atomic mass is 32.1. The number of carbonyl (C=O) groups is 1. The van der Waals surface area contributed by atoms with Crippen LogP contribution in [0.2, 0.25) is 0 Å². The Morgan fingerprint density at radius 1 is 1.02 bits per heavy atom. The minimum Gasteiger partial charge on any atom is -0.375 e. The Morgan fingerprint density at radius 3 is 2.48 bits per heavy atom. The number of hydrogen-bond donors (Lipinski definition) is 3. The molecule has 2 aliphatic carbocycles. The monoisotopic (exact) mass is 585 g/mol. The van der Waals surface area contributed by atoms with Gasteiger partial charge in [-0.3, -0.25) is 30.3 Å². The first-order valence-electron chi connectivity index (χ1n) is 15.1. The molecule has 2 fully saturated rings. The van der Waals surface area contributed by atoms with Crippen molar-refractivity contribution in [2.24, 2.45) is 0 Å². The lowest BCUT2D eigenvalue weighted by atomic mass is 9.65. The minimum absolute atomic E-state index is 0.0163. The molecule has 3 N–H and O–H groups in total.